The van der Waals surface area contributed by atoms with Gasteiger partial charge in [-0.05, 0) is 24.1 Å². The van der Waals surface area contributed by atoms with E-state index in [1.54, 1.807) is 12.1 Å². The van der Waals surface area contributed by atoms with Gasteiger partial charge in [-0.15, -0.1) is 11.8 Å². The molecule has 0 radical (unpaired) electrons. The smallest absolute Gasteiger partial charge is 0.330 e. The maximum Gasteiger partial charge on any atom is 0.330 e. The maximum absolute atomic E-state index is 12.6. The number of ether oxygens (including phenoxy) is 1. The average Bonchev–Trinajstić information content (AvgIpc) is 2.80. The van der Waals surface area contributed by atoms with E-state index in [-0.39, 0.29) is 23.8 Å². The number of carbonyl (C=O) groups excluding carboxylic acids is 2. The van der Waals surface area contributed by atoms with Crippen LogP contribution in [0.25, 0.3) is 0 Å². The molecular formula is C23H24N4O5S. The number of benzene rings is 2. The van der Waals surface area contributed by atoms with Crippen LogP contribution in [0.2, 0.25) is 0 Å². The second-order valence-corrected chi connectivity index (χ2v) is 8.25. The van der Waals surface area contributed by atoms with Gasteiger partial charge in [0.05, 0.1) is 12.3 Å². The molecule has 3 N–H and O–H groups in total. The highest BCUT2D eigenvalue weighted by atomic mass is 32.2. The highest BCUT2D eigenvalue weighted by molar-refractivity contribution is 8.00. The van der Waals surface area contributed by atoms with E-state index in [1.165, 1.54) is 23.4 Å². The Balaban J connectivity index is 1.67. The summed E-state index contributed by atoms with van der Waals surface area (Å²) in [6.07, 6.45) is 0. The number of aromatic nitrogens is 2. The van der Waals surface area contributed by atoms with Gasteiger partial charge >= 0.3 is 11.7 Å². The van der Waals surface area contributed by atoms with E-state index < -0.39 is 29.7 Å². The molecule has 0 unspecified atom stereocenters. The van der Waals surface area contributed by atoms with Crippen LogP contribution in [0.4, 0.5) is 11.5 Å². The van der Waals surface area contributed by atoms with Crippen LogP contribution in [-0.4, -0.2) is 40.8 Å². The van der Waals surface area contributed by atoms with E-state index in [0.717, 1.165) is 20.9 Å². The van der Waals surface area contributed by atoms with Crippen molar-refractivity contribution in [2.24, 2.45) is 0 Å². The quantitative estimate of drug-likeness (QED) is 0.381. The lowest BCUT2D eigenvalue weighted by molar-refractivity contribution is -0.145. The number of aryl methyl sites for hydroxylation is 1. The highest BCUT2D eigenvalue weighted by Crippen LogP contribution is 2.22. The molecule has 3 aromatic rings. The average molecular weight is 469 g/mol. The number of thioether (sulfide) groups is 1. The number of aromatic amines is 1. The molecule has 33 heavy (non-hydrogen) atoms. The Morgan fingerprint density at radius 1 is 1.09 bits per heavy atom. The van der Waals surface area contributed by atoms with Crippen molar-refractivity contribution in [1.82, 2.24) is 9.55 Å². The van der Waals surface area contributed by atoms with Gasteiger partial charge in [-0.25, -0.2) is 4.79 Å². The first kappa shape index (κ1) is 23.9. The molecule has 3 rings (SSSR count). The van der Waals surface area contributed by atoms with Crippen molar-refractivity contribution in [3.63, 3.8) is 0 Å². The van der Waals surface area contributed by atoms with Crippen molar-refractivity contribution in [2.45, 2.75) is 18.4 Å². The fraction of sp³-hybridized carbons (Fsp3) is 0.217. The number of likely N-dealkylation sites (N-methyl/N-ethyl adjacent to an activating group) is 1. The first-order valence-electron chi connectivity index (χ1n) is 10.0. The largest absolute Gasteiger partial charge is 0.455 e. The molecule has 1 aromatic heterocycles. The van der Waals surface area contributed by atoms with Crippen LogP contribution < -0.4 is 21.9 Å². The first-order valence-corrected chi connectivity index (χ1v) is 11.0. The minimum absolute atomic E-state index is 0.0343. The van der Waals surface area contributed by atoms with E-state index in [2.05, 4.69) is 4.98 Å². The van der Waals surface area contributed by atoms with Gasteiger partial charge in [0.2, 0.25) is 0 Å². The molecule has 0 spiro atoms. The van der Waals surface area contributed by atoms with Gasteiger partial charge in [0.25, 0.3) is 11.5 Å². The summed E-state index contributed by atoms with van der Waals surface area (Å²) in [6, 6.07) is 16.7. The second kappa shape index (κ2) is 10.7. The molecule has 10 heteroatoms. The zero-order valence-corrected chi connectivity index (χ0v) is 19.1. The van der Waals surface area contributed by atoms with E-state index in [4.69, 9.17) is 10.5 Å². The summed E-state index contributed by atoms with van der Waals surface area (Å²) in [5.74, 6) is -1.36. The van der Waals surface area contributed by atoms with Gasteiger partial charge in [0.15, 0.2) is 12.3 Å². The lowest BCUT2D eigenvalue weighted by Crippen LogP contribution is -2.40. The number of hydrogen-bond acceptors (Lipinski definition) is 7. The standard InChI is InChI=1S/C23H24N4O5S/c1-15-8-6-7-11-17(15)33-14-19(29)32-13-18(28)26(2)20-21(24)27(23(31)25-22(20)30)12-16-9-4-3-5-10-16/h3-11H,12-14,24H2,1-2H3,(H,25,30,31). The molecule has 1 heterocycles. The molecule has 2 aromatic carbocycles. The lowest BCUT2D eigenvalue weighted by atomic mass is 10.2. The molecule has 0 aliphatic heterocycles. The number of esters is 1. The number of H-pyrrole nitrogens is 1. The Morgan fingerprint density at radius 3 is 2.45 bits per heavy atom. The van der Waals surface area contributed by atoms with Gasteiger partial charge < -0.3 is 15.4 Å². The normalized spacial score (nSPS) is 10.6. The molecule has 9 nitrogen and oxygen atoms in total. The number of anilines is 2. The van der Waals surface area contributed by atoms with E-state index in [1.807, 2.05) is 49.4 Å². The SMILES string of the molecule is Cc1ccccc1SCC(=O)OCC(=O)N(C)c1c(N)n(Cc2ccccc2)c(=O)[nH]c1=O. The van der Waals surface area contributed by atoms with Crippen molar-refractivity contribution in [3.8, 4) is 0 Å². The monoisotopic (exact) mass is 468 g/mol. The molecule has 0 saturated carbocycles. The van der Waals surface area contributed by atoms with Gasteiger partial charge in [-0.3, -0.25) is 23.9 Å². The minimum atomic E-state index is -0.806. The summed E-state index contributed by atoms with van der Waals surface area (Å²) in [4.78, 5) is 53.4. The van der Waals surface area contributed by atoms with Crippen molar-refractivity contribution in [2.75, 3.05) is 30.0 Å². The number of rotatable bonds is 8. The molecule has 0 saturated heterocycles. The number of nitrogens with two attached hydrogens (primary N) is 1. The van der Waals surface area contributed by atoms with Crippen LogP contribution in [0, 0.1) is 6.92 Å². The van der Waals surface area contributed by atoms with Crippen LogP contribution in [-0.2, 0) is 20.9 Å². The Bertz CT molecular complexity index is 1270. The third kappa shape index (κ3) is 5.92. The number of amides is 1. The van der Waals surface area contributed by atoms with Crippen molar-refractivity contribution in [1.29, 1.82) is 0 Å². The van der Waals surface area contributed by atoms with Crippen LogP contribution in [0.5, 0.6) is 0 Å². The number of nitrogen functional groups attached to an aromatic ring is 1. The first-order chi connectivity index (χ1) is 15.8. The minimum Gasteiger partial charge on any atom is -0.455 e. The van der Waals surface area contributed by atoms with Gasteiger partial charge in [0, 0.05) is 11.9 Å². The third-order valence-corrected chi connectivity index (χ3v) is 6.05. The van der Waals surface area contributed by atoms with Crippen LogP contribution >= 0.6 is 11.8 Å². The van der Waals surface area contributed by atoms with Gasteiger partial charge in [-0.2, -0.15) is 0 Å². The molecule has 172 valence electrons. The Morgan fingerprint density at radius 2 is 1.76 bits per heavy atom. The molecule has 0 bridgehead atoms. The van der Waals surface area contributed by atoms with Crippen LogP contribution in [0.1, 0.15) is 11.1 Å². The van der Waals surface area contributed by atoms with Crippen molar-refractivity contribution < 1.29 is 14.3 Å². The fourth-order valence-electron chi connectivity index (χ4n) is 3.08. The number of carbonyl (C=O) groups is 2. The van der Waals surface area contributed by atoms with E-state index in [9.17, 15) is 19.2 Å². The van der Waals surface area contributed by atoms with Gasteiger partial charge in [0.1, 0.15) is 5.82 Å². The van der Waals surface area contributed by atoms with Crippen LogP contribution in [0.15, 0.2) is 69.1 Å². The zero-order valence-electron chi connectivity index (χ0n) is 18.2. The van der Waals surface area contributed by atoms with E-state index >= 15 is 0 Å². The van der Waals surface area contributed by atoms with Crippen molar-refractivity contribution in [3.05, 3.63) is 86.6 Å². The van der Waals surface area contributed by atoms with E-state index in [0.29, 0.717) is 0 Å². The predicted molar refractivity (Wildman–Crippen MR) is 128 cm³/mol. The Kier molecular flexibility index (Phi) is 7.73. The number of nitrogens with one attached hydrogen (secondary N) is 1. The summed E-state index contributed by atoms with van der Waals surface area (Å²) >= 11 is 1.31. The molecular weight excluding hydrogens is 444 g/mol. The Hall–Kier alpha value is -3.79. The predicted octanol–water partition coefficient (Wildman–Crippen LogP) is 1.77. The zero-order chi connectivity index (χ0) is 24.0. The number of hydrogen-bond donors (Lipinski definition) is 2. The number of nitrogens with zero attached hydrogens (tertiary/aromatic N) is 2. The molecule has 0 atom stereocenters. The summed E-state index contributed by atoms with van der Waals surface area (Å²) in [7, 11) is 1.33. The molecule has 0 fully saturated rings. The molecule has 0 aliphatic rings. The Labute approximate surface area is 194 Å². The van der Waals surface area contributed by atoms with Gasteiger partial charge in [-0.1, -0.05) is 48.5 Å². The maximum atomic E-state index is 12.6. The van der Waals surface area contributed by atoms with Crippen LogP contribution in [0.3, 0.4) is 0 Å². The van der Waals surface area contributed by atoms with Crippen molar-refractivity contribution >= 4 is 35.1 Å². The highest BCUT2D eigenvalue weighted by Gasteiger charge is 2.22. The fourth-order valence-corrected chi connectivity index (χ4v) is 3.91. The molecule has 0 aliphatic carbocycles. The lowest BCUT2D eigenvalue weighted by Gasteiger charge is -2.20. The summed E-state index contributed by atoms with van der Waals surface area (Å²) in [5.41, 5.74) is 6.23. The third-order valence-electron chi connectivity index (χ3n) is 4.90. The summed E-state index contributed by atoms with van der Waals surface area (Å²) in [6.45, 7) is 1.48. The summed E-state index contributed by atoms with van der Waals surface area (Å²) in [5, 5.41) is 0. The second-order valence-electron chi connectivity index (χ2n) is 7.23. The molecule has 1 amide bonds. The summed E-state index contributed by atoms with van der Waals surface area (Å²) < 4.78 is 6.23. The topological polar surface area (TPSA) is 127 Å².